The SMILES string of the molecule is CC(Cc1ccc(C(C)(C)C)cc1)C1CC1C(=O)O. The fourth-order valence-electron chi connectivity index (χ4n) is 2.79. The Balaban J connectivity index is 1.95. The molecule has 0 bridgehead atoms. The quantitative estimate of drug-likeness (QED) is 0.892. The Kier molecular flexibility index (Phi) is 3.71. The Morgan fingerprint density at radius 3 is 2.32 bits per heavy atom. The molecular weight excluding hydrogens is 236 g/mol. The Bertz CT molecular complexity index is 453. The smallest absolute Gasteiger partial charge is 0.306 e. The van der Waals surface area contributed by atoms with Crippen molar-refractivity contribution in [3.63, 3.8) is 0 Å². The largest absolute Gasteiger partial charge is 0.481 e. The molecule has 3 atom stereocenters. The molecule has 1 aromatic rings. The number of benzene rings is 1. The minimum absolute atomic E-state index is 0.0937. The van der Waals surface area contributed by atoms with E-state index >= 15 is 0 Å². The summed E-state index contributed by atoms with van der Waals surface area (Å²) in [4.78, 5) is 10.9. The molecule has 0 saturated heterocycles. The van der Waals surface area contributed by atoms with Crippen molar-refractivity contribution in [1.29, 1.82) is 0 Å². The second kappa shape index (κ2) is 4.99. The average molecular weight is 260 g/mol. The molecule has 0 aliphatic heterocycles. The molecule has 1 N–H and O–H groups in total. The van der Waals surface area contributed by atoms with Crippen LogP contribution in [0.5, 0.6) is 0 Å². The van der Waals surface area contributed by atoms with Gasteiger partial charge in [-0.3, -0.25) is 4.79 Å². The Morgan fingerprint density at radius 2 is 1.89 bits per heavy atom. The molecule has 1 saturated carbocycles. The summed E-state index contributed by atoms with van der Waals surface area (Å²) in [5.41, 5.74) is 2.85. The second-order valence-electron chi connectivity index (χ2n) is 6.97. The minimum Gasteiger partial charge on any atom is -0.481 e. The standard InChI is InChI=1S/C17H24O2/c1-11(14-10-15(14)16(18)19)9-12-5-7-13(8-6-12)17(2,3)4/h5-8,11,14-15H,9-10H2,1-4H3,(H,18,19). The monoisotopic (exact) mass is 260 g/mol. The molecule has 1 aliphatic rings. The molecule has 104 valence electrons. The predicted octanol–water partition coefficient (Wildman–Crippen LogP) is 3.88. The van der Waals surface area contributed by atoms with E-state index < -0.39 is 5.97 Å². The molecule has 19 heavy (non-hydrogen) atoms. The first-order valence-corrected chi connectivity index (χ1v) is 7.11. The van der Waals surface area contributed by atoms with Gasteiger partial charge in [0.15, 0.2) is 0 Å². The van der Waals surface area contributed by atoms with Gasteiger partial charge in [-0.15, -0.1) is 0 Å². The van der Waals surface area contributed by atoms with Gasteiger partial charge in [0, 0.05) is 0 Å². The van der Waals surface area contributed by atoms with Crippen molar-refractivity contribution in [2.45, 2.75) is 46.0 Å². The number of hydrogen-bond acceptors (Lipinski definition) is 1. The molecule has 1 aromatic carbocycles. The van der Waals surface area contributed by atoms with Crippen molar-refractivity contribution >= 4 is 5.97 Å². The van der Waals surface area contributed by atoms with Gasteiger partial charge < -0.3 is 5.11 Å². The molecule has 3 unspecified atom stereocenters. The Labute approximate surface area is 115 Å². The first kappa shape index (κ1) is 14.1. The van der Waals surface area contributed by atoms with Gasteiger partial charge in [0.05, 0.1) is 5.92 Å². The summed E-state index contributed by atoms with van der Waals surface area (Å²) in [7, 11) is 0. The molecule has 2 nitrogen and oxygen atoms in total. The maximum Gasteiger partial charge on any atom is 0.306 e. The van der Waals surface area contributed by atoms with Gasteiger partial charge in [0.25, 0.3) is 0 Å². The predicted molar refractivity (Wildman–Crippen MR) is 77.2 cm³/mol. The lowest BCUT2D eigenvalue weighted by molar-refractivity contribution is -0.139. The first-order valence-electron chi connectivity index (χ1n) is 7.11. The van der Waals surface area contributed by atoms with Gasteiger partial charge in [-0.05, 0) is 41.2 Å². The van der Waals surface area contributed by atoms with Crippen LogP contribution in [0, 0.1) is 17.8 Å². The van der Waals surface area contributed by atoms with E-state index in [4.69, 9.17) is 5.11 Å². The number of hydrogen-bond donors (Lipinski definition) is 1. The topological polar surface area (TPSA) is 37.3 Å². The molecule has 1 aliphatic carbocycles. The van der Waals surface area contributed by atoms with E-state index in [0.717, 1.165) is 12.8 Å². The van der Waals surface area contributed by atoms with Gasteiger partial charge in [0.2, 0.25) is 0 Å². The van der Waals surface area contributed by atoms with Gasteiger partial charge >= 0.3 is 5.97 Å². The summed E-state index contributed by atoms with van der Waals surface area (Å²) < 4.78 is 0. The molecule has 0 spiro atoms. The normalized spacial score (nSPS) is 24.0. The highest BCUT2D eigenvalue weighted by Crippen LogP contribution is 2.45. The van der Waals surface area contributed by atoms with Gasteiger partial charge in [-0.1, -0.05) is 52.0 Å². The van der Waals surface area contributed by atoms with Crippen LogP contribution < -0.4 is 0 Å². The van der Waals surface area contributed by atoms with Crippen LogP contribution >= 0.6 is 0 Å². The van der Waals surface area contributed by atoms with Gasteiger partial charge in [-0.25, -0.2) is 0 Å². The minimum atomic E-state index is -0.625. The van der Waals surface area contributed by atoms with Crippen molar-refractivity contribution in [1.82, 2.24) is 0 Å². The average Bonchev–Trinajstić information content (AvgIpc) is 3.08. The number of rotatable bonds is 4. The summed E-state index contributed by atoms with van der Waals surface area (Å²) in [6, 6.07) is 8.78. The highest BCUT2D eigenvalue weighted by atomic mass is 16.4. The Morgan fingerprint density at radius 1 is 1.32 bits per heavy atom. The van der Waals surface area contributed by atoms with Crippen LogP contribution in [0.15, 0.2) is 24.3 Å². The molecule has 2 rings (SSSR count). The van der Waals surface area contributed by atoms with E-state index in [-0.39, 0.29) is 11.3 Å². The van der Waals surface area contributed by atoms with Crippen LogP contribution in [0.3, 0.4) is 0 Å². The number of carboxylic acid groups (broad SMARTS) is 1. The third kappa shape index (κ3) is 3.37. The first-order chi connectivity index (χ1) is 8.79. The zero-order valence-electron chi connectivity index (χ0n) is 12.3. The van der Waals surface area contributed by atoms with Crippen LogP contribution in [0.4, 0.5) is 0 Å². The summed E-state index contributed by atoms with van der Waals surface area (Å²) in [6.45, 7) is 8.82. The fourth-order valence-corrected chi connectivity index (χ4v) is 2.79. The van der Waals surface area contributed by atoms with Crippen LogP contribution in [0.25, 0.3) is 0 Å². The van der Waals surface area contributed by atoms with Crippen LogP contribution in [-0.2, 0) is 16.6 Å². The van der Waals surface area contributed by atoms with E-state index in [1.54, 1.807) is 0 Å². The summed E-state index contributed by atoms with van der Waals surface area (Å²) in [5, 5.41) is 8.96. The molecule has 0 heterocycles. The lowest BCUT2D eigenvalue weighted by atomic mass is 9.86. The van der Waals surface area contributed by atoms with Gasteiger partial charge in [-0.2, -0.15) is 0 Å². The van der Waals surface area contributed by atoms with E-state index in [2.05, 4.69) is 52.0 Å². The van der Waals surface area contributed by atoms with Gasteiger partial charge in [0.1, 0.15) is 0 Å². The Hall–Kier alpha value is -1.31. The maximum atomic E-state index is 10.9. The molecule has 2 heteroatoms. The van der Waals surface area contributed by atoms with E-state index in [1.807, 2.05) is 0 Å². The zero-order valence-corrected chi connectivity index (χ0v) is 12.3. The lowest BCUT2D eigenvalue weighted by Crippen LogP contribution is -2.11. The summed E-state index contributed by atoms with van der Waals surface area (Å²) in [6.07, 6.45) is 1.84. The second-order valence-corrected chi connectivity index (χ2v) is 6.97. The number of carbonyl (C=O) groups is 1. The van der Waals surface area contributed by atoms with E-state index in [1.165, 1.54) is 11.1 Å². The van der Waals surface area contributed by atoms with Crippen molar-refractivity contribution in [3.05, 3.63) is 35.4 Å². The number of aliphatic carboxylic acids is 1. The molecule has 0 aromatic heterocycles. The van der Waals surface area contributed by atoms with Crippen LogP contribution in [-0.4, -0.2) is 11.1 Å². The van der Waals surface area contributed by atoms with Crippen LogP contribution in [0.1, 0.15) is 45.2 Å². The van der Waals surface area contributed by atoms with Crippen molar-refractivity contribution in [2.75, 3.05) is 0 Å². The van der Waals surface area contributed by atoms with Crippen molar-refractivity contribution < 1.29 is 9.90 Å². The van der Waals surface area contributed by atoms with Crippen LogP contribution in [0.2, 0.25) is 0 Å². The lowest BCUT2D eigenvalue weighted by Gasteiger charge is -2.19. The zero-order chi connectivity index (χ0) is 14.2. The fraction of sp³-hybridized carbons (Fsp3) is 0.588. The summed E-state index contributed by atoms with van der Waals surface area (Å²) >= 11 is 0. The van der Waals surface area contributed by atoms with Crippen molar-refractivity contribution in [3.8, 4) is 0 Å². The third-order valence-corrected chi connectivity index (χ3v) is 4.27. The number of carboxylic acids is 1. The maximum absolute atomic E-state index is 10.9. The summed E-state index contributed by atoms with van der Waals surface area (Å²) in [5.74, 6) is 0.116. The third-order valence-electron chi connectivity index (χ3n) is 4.27. The molecule has 1 fully saturated rings. The molecular formula is C17H24O2. The van der Waals surface area contributed by atoms with E-state index in [0.29, 0.717) is 11.8 Å². The highest BCUT2D eigenvalue weighted by Gasteiger charge is 2.45. The van der Waals surface area contributed by atoms with Crippen molar-refractivity contribution in [2.24, 2.45) is 17.8 Å². The highest BCUT2D eigenvalue weighted by molar-refractivity contribution is 5.73. The molecule has 0 amide bonds. The van der Waals surface area contributed by atoms with E-state index in [9.17, 15) is 4.79 Å². The molecule has 0 radical (unpaired) electrons.